The first-order chi connectivity index (χ1) is 10.6. The molecule has 1 fully saturated rings. The Morgan fingerprint density at radius 3 is 2.59 bits per heavy atom. The summed E-state index contributed by atoms with van der Waals surface area (Å²) in [6.45, 7) is 2.33. The minimum atomic E-state index is -0.777. The monoisotopic (exact) mass is 304 g/mol. The van der Waals surface area contributed by atoms with Crippen LogP contribution in [0.15, 0.2) is 24.3 Å². The van der Waals surface area contributed by atoms with Gasteiger partial charge in [-0.05, 0) is 31.4 Å². The van der Waals surface area contributed by atoms with E-state index in [0.29, 0.717) is 6.61 Å². The van der Waals surface area contributed by atoms with Gasteiger partial charge in [0, 0.05) is 6.04 Å². The smallest absolute Gasteiger partial charge is 0.340 e. The van der Waals surface area contributed by atoms with Crippen molar-refractivity contribution < 1.29 is 19.1 Å². The van der Waals surface area contributed by atoms with Crippen molar-refractivity contribution in [2.75, 3.05) is 11.9 Å². The number of benzene rings is 1. The molecule has 22 heavy (non-hydrogen) atoms. The van der Waals surface area contributed by atoms with Crippen LogP contribution in [0.4, 0.5) is 5.69 Å². The van der Waals surface area contributed by atoms with E-state index in [2.05, 4.69) is 10.6 Å². The van der Waals surface area contributed by atoms with Crippen molar-refractivity contribution in [3.8, 4) is 0 Å². The Balaban J connectivity index is 1.99. The molecule has 1 aliphatic rings. The average Bonchev–Trinajstić information content (AvgIpc) is 3.31. The van der Waals surface area contributed by atoms with Gasteiger partial charge in [0.1, 0.15) is 0 Å². The second kappa shape index (κ2) is 7.59. The van der Waals surface area contributed by atoms with Crippen LogP contribution in [-0.4, -0.2) is 30.4 Å². The van der Waals surface area contributed by atoms with Gasteiger partial charge in [-0.3, -0.25) is 9.59 Å². The van der Waals surface area contributed by atoms with Crippen molar-refractivity contribution in [1.82, 2.24) is 5.32 Å². The topological polar surface area (TPSA) is 84.5 Å². The molecule has 118 valence electrons. The van der Waals surface area contributed by atoms with E-state index in [-0.39, 0.29) is 17.3 Å². The van der Waals surface area contributed by atoms with E-state index in [9.17, 15) is 14.4 Å². The maximum atomic E-state index is 12.0. The molecule has 0 bridgehead atoms. The van der Waals surface area contributed by atoms with Gasteiger partial charge in [-0.1, -0.05) is 25.5 Å². The molecular weight excluding hydrogens is 284 g/mol. The van der Waals surface area contributed by atoms with Gasteiger partial charge in [-0.15, -0.1) is 0 Å². The maximum Gasteiger partial charge on any atom is 0.340 e. The molecule has 0 aromatic heterocycles. The zero-order chi connectivity index (χ0) is 15.9. The first-order valence-corrected chi connectivity index (χ1v) is 7.49. The van der Waals surface area contributed by atoms with Crippen LogP contribution in [0.5, 0.6) is 0 Å². The average molecular weight is 304 g/mol. The molecule has 0 aliphatic heterocycles. The molecule has 0 unspecified atom stereocenters. The second-order valence-electron chi connectivity index (χ2n) is 5.24. The molecule has 0 spiro atoms. The molecule has 6 heteroatoms. The SMILES string of the molecule is CCCCOC(=O)c1ccccc1NC(=O)C(=O)NC1CC1. The van der Waals surface area contributed by atoms with Crippen LogP contribution >= 0.6 is 0 Å². The summed E-state index contributed by atoms with van der Waals surface area (Å²) in [5.74, 6) is -1.97. The molecule has 1 aromatic rings. The summed E-state index contributed by atoms with van der Waals surface area (Å²) in [5, 5.41) is 5.06. The molecule has 0 saturated heterocycles. The van der Waals surface area contributed by atoms with E-state index in [1.165, 1.54) is 0 Å². The molecule has 2 rings (SSSR count). The van der Waals surface area contributed by atoms with Crippen molar-refractivity contribution >= 4 is 23.5 Å². The Hall–Kier alpha value is -2.37. The Kier molecular flexibility index (Phi) is 5.52. The molecular formula is C16H20N2O4. The summed E-state index contributed by atoms with van der Waals surface area (Å²) in [7, 11) is 0. The fourth-order valence-electron chi connectivity index (χ4n) is 1.81. The van der Waals surface area contributed by atoms with E-state index in [1.807, 2.05) is 6.92 Å². The highest BCUT2D eigenvalue weighted by molar-refractivity contribution is 6.40. The summed E-state index contributed by atoms with van der Waals surface area (Å²) in [6.07, 6.45) is 3.51. The molecule has 0 heterocycles. The molecule has 2 N–H and O–H groups in total. The minimum Gasteiger partial charge on any atom is -0.462 e. The third-order valence-corrected chi connectivity index (χ3v) is 3.25. The number of hydrogen-bond acceptors (Lipinski definition) is 4. The zero-order valence-corrected chi connectivity index (χ0v) is 12.6. The number of amides is 2. The largest absolute Gasteiger partial charge is 0.462 e. The number of carbonyl (C=O) groups is 3. The first-order valence-electron chi connectivity index (χ1n) is 7.49. The van der Waals surface area contributed by atoms with Crippen LogP contribution in [0.3, 0.4) is 0 Å². The quantitative estimate of drug-likeness (QED) is 0.477. The van der Waals surface area contributed by atoms with Crippen LogP contribution in [0, 0.1) is 0 Å². The predicted octanol–water partition coefficient (Wildman–Crippen LogP) is 1.86. The van der Waals surface area contributed by atoms with Crippen LogP contribution in [0.25, 0.3) is 0 Å². The van der Waals surface area contributed by atoms with Gasteiger partial charge < -0.3 is 15.4 Å². The van der Waals surface area contributed by atoms with Crippen molar-refractivity contribution in [3.05, 3.63) is 29.8 Å². The number of anilines is 1. The highest BCUT2D eigenvalue weighted by atomic mass is 16.5. The van der Waals surface area contributed by atoms with Gasteiger partial charge >= 0.3 is 17.8 Å². The lowest BCUT2D eigenvalue weighted by molar-refractivity contribution is -0.136. The van der Waals surface area contributed by atoms with Crippen LogP contribution in [0.2, 0.25) is 0 Å². The molecule has 0 atom stereocenters. The predicted molar refractivity (Wildman–Crippen MR) is 81.4 cm³/mol. The number of esters is 1. The fourth-order valence-corrected chi connectivity index (χ4v) is 1.81. The molecule has 1 aliphatic carbocycles. The van der Waals surface area contributed by atoms with Gasteiger partial charge in [0.2, 0.25) is 0 Å². The van der Waals surface area contributed by atoms with E-state index in [1.54, 1.807) is 24.3 Å². The van der Waals surface area contributed by atoms with Crippen molar-refractivity contribution in [2.24, 2.45) is 0 Å². The van der Waals surface area contributed by atoms with Gasteiger partial charge in [0.25, 0.3) is 0 Å². The lowest BCUT2D eigenvalue weighted by Gasteiger charge is -2.10. The van der Waals surface area contributed by atoms with Crippen molar-refractivity contribution in [1.29, 1.82) is 0 Å². The van der Waals surface area contributed by atoms with Crippen molar-refractivity contribution in [2.45, 2.75) is 38.6 Å². The molecule has 0 radical (unpaired) electrons. The molecule has 6 nitrogen and oxygen atoms in total. The third kappa shape index (κ3) is 4.58. The van der Waals surface area contributed by atoms with E-state index in [4.69, 9.17) is 4.74 Å². The van der Waals surface area contributed by atoms with Gasteiger partial charge in [-0.25, -0.2) is 4.79 Å². The molecule has 1 aromatic carbocycles. The summed E-state index contributed by atoms with van der Waals surface area (Å²) >= 11 is 0. The van der Waals surface area contributed by atoms with Crippen LogP contribution in [-0.2, 0) is 14.3 Å². The van der Waals surface area contributed by atoms with E-state index < -0.39 is 17.8 Å². The summed E-state index contributed by atoms with van der Waals surface area (Å²) < 4.78 is 5.13. The lowest BCUT2D eigenvalue weighted by atomic mass is 10.1. The zero-order valence-electron chi connectivity index (χ0n) is 12.6. The Labute approximate surface area is 129 Å². The number of carbonyl (C=O) groups excluding carboxylic acids is 3. The number of para-hydroxylation sites is 1. The Morgan fingerprint density at radius 1 is 1.18 bits per heavy atom. The van der Waals surface area contributed by atoms with Crippen molar-refractivity contribution in [3.63, 3.8) is 0 Å². The first kappa shape index (κ1) is 16.0. The van der Waals surface area contributed by atoms with Gasteiger partial charge in [0.15, 0.2) is 0 Å². The molecule has 1 saturated carbocycles. The highest BCUT2D eigenvalue weighted by Gasteiger charge is 2.27. The Morgan fingerprint density at radius 2 is 1.91 bits per heavy atom. The number of ether oxygens (including phenoxy) is 1. The number of unbranched alkanes of at least 4 members (excludes halogenated alkanes) is 1. The van der Waals surface area contributed by atoms with E-state index in [0.717, 1.165) is 25.7 Å². The standard InChI is InChI=1S/C16H20N2O4/c1-2-3-10-22-16(21)12-6-4-5-7-13(12)18-15(20)14(19)17-11-8-9-11/h4-7,11H,2-3,8-10H2,1H3,(H,17,19)(H,18,20). The lowest BCUT2D eigenvalue weighted by Crippen LogP contribution is -2.36. The van der Waals surface area contributed by atoms with E-state index >= 15 is 0 Å². The Bertz CT molecular complexity index is 567. The number of rotatable bonds is 6. The second-order valence-corrected chi connectivity index (χ2v) is 5.24. The highest BCUT2D eigenvalue weighted by Crippen LogP contribution is 2.19. The summed E-state index contributed by atoms with van der Waals surface area (Å²) in [6, 6.07) is 6.59. The maximum absolute atomic E-state index is 12.0. The number of nitrogens with one attached hydrogen (secondary N) is 2. The van der Waals surface area contributed by atoms with Gasteiger partial charge in [0.05, 0.1) is 17.9 Å². The summed E-state index contributed by atoms with van der Waals surface area (Å²) in [5.41, 5.74) is 0.520. The fraction of sp³-hybridized carbons (Fsp3) is 0.438. The third-order valence-electron chi connectivity index (χ3n) is 3.25. The van der Waals surface area contributed by atoms with Crippen LogP contribution in [0.1, 0.15) is 43.0 Å². The normalized spacial score (nSPS) is 13.3. The summed E-state index contributed by atoms with van der Waals surface area (Å²) in [4.78, 5) is 35.5. The molecule has 2 amide bonds. The number of hydrogen-bond donors (Lipinski definition) is 2. The van der Waals surface area contributed by atoms with Crippen LogP contribution < -0.4 is 10.6 Å². The van der Waals surface area contributed by atoms with Gasteiger partial charge in [-0.2, -0.15) is 0 Å². The minimum absolute atomic E-state index is 0.104.